The summed E-state index contributed by atoms with van der Waals surface area (Å²) >= 11 is 0. The van der Waals surface area contributed by atoms with Crippen molar-refractivity contribution in [2.45, 2.75) is 26.6 Å². The summed E-state index contributed by atoms with van der Waals surface area (Å²) in [6, 6.07) is 3.89. The lowest BCUT2D eigenvalue weighted by molar-refractivity contribution is 0.593. The van der Waals surface area contributed by atoms with Gasteiger partial charge in [0.05, 0.1) is 0 Å². The molecule has 0 aromatic carbocycles. The minimum atomic E-state index is -0.418. The van der Waals surface area contributed by atoms with Crippen LogP contribution in [0.1, 0.15) is 25.5 Å². The molecule has 3 heteroatoms. The fourth-order valence-corrected chi connectivity index (χ4v) is 1.01. The Morgan fingerprint density at radius 3 is 2.42 bits per heavy atom. The maximum absolute atomic E-state index is 9.21. The van der Waals surface area contributed by atoms with Gasteiger partial charge in [-0.3, -0.25) is 4.98 Å². The molecular weight excluding hydrogens is 149 g/mol. The molecule has 1 aromatic heterocycles. The first-order valence-corrected chi connectivity index (χ1v) is 4.25. The highest BCUT2D eigenvalue weighted by atomic mass is 16.2. The standard InChI is InChI=1S/C9H14BNO/c1-7(2)9-5-4-8(6-11-9)10(3)12/h4-7,12H,1-3H3. The normalized spacial score (nSPS) is 10.4. The van der Waals surface area contributed by atoms with Crippen molar-refractivity contribution >= 4 is 12.4 Å². The molecule has 0 saturated carbocycles. The van der Waals surface area contributed by atoms with Crippen LogP contribution in [0.5, 0.6) is 0 Å². The van der Waals surface area contributed by atoms with Crippen molar-refractivity contribution in [2.24, 2.45) is 0 Å². The van der Waals surface area contributed by atoms with E-state index < -0.39 is 6.92 Å². The number of hydrogen-bond donors (Lipinski definition) is 1. The Balaban J connectivity index is 2.86. The van der Waals surface area contributed by atoms with E-state index in [9.17, 15) is 5.02 Å². The van der Waals surface area contributed by atoms with E-state index in [1.54, 1.807) is 13.0 Å². The summed E-state index contributed by atoms with van der Waals surface area (Å²) in [5, 5.41) is 9.21. The zero-order valence-electron chi connectivity index (χ0n) is 7.78. The Hall–Kier alpha value is -0.825. The summed E-state index contributed by atoms with van der Waals surface area (Å²) in [6.45, 7) is 5.53. The lowest BCUT2D eigenvalue weighted by Crippen LogP contribution is -2.26. The van der Waals surface area contributed by atoms with Gasteiger partial charge >= 0.3 is 6.92 Å². The summed E-state index contributed by atoms with van der Waals surface area (Å²) in [7, 11) is 0. The van der Waals surface area contributed by atoms with E-state index >= 15 is 0 Å². The lowest BCUT2D eigenvalue weighted by atomic mass is 9.65. The molecular formula is C9H14BNO. The summed E-state index contributed by atoms with van der Waals surface area (Å²) in [4.78, 5) is 4.24. The van der Waals surface area contributed by atoms with Gasteiger partial charge in [0.25, 0.3) is 0 Å². The van der Waals surface area contributed by atoms with Gasteiger partial charge < -0.3 is 5.02 Å². The quantitative estimate of drug-likeness (QED) is 0.660. The van der Waals surface area contributed by atoms with E-state index in [0.29, 0.717) is 5.92 Å². The van der Waals surface area contributed by atoms with Crippen LogP contribution < -0.4 is 5.46 Å². The molecule has 64 valence electrons. The van der Waals surface area contributed by atoms with Gasteiger partial charge in [0.15, 0.2) is 0 Å². The smallest absolute Gasteiger partial charge is 0.321 e. The van der Waals surface area contributed by atoms with Crippen molar-refractivity contribution in [2.75, 3.05) is 0 Å². The van der Waals surface area contributed by atoms with Gasteiger partial charge in [0, 0.05) is 11.9 Å². The highest BCUT2D eigenvalue weighted by Gasteiger charge is 2.07. The molecule has 0 saturated heterocycles. The van der Waals surface area contributed by atoms with Gasteiger partial charge in [0.1, 0.15) is 0 Å². The fraction of sp³-hybridized carbons (Fsp3) is 0.444. The molecule has 1 N–H and O–H groups in total. The molecule has 1 aromatic rings. The number of rotatable bonds is 2. The second kappa shape index (κ2) is 3.72. The SMILES string of the molecule is CB(O)c1ccc(C(C)C)nc1. The topological polar surface area (TPSA) is 33.1 Å². The first-order valence-electron chi connectivity index (χ1n) is 4.25. The van der Waals surface area contributed by atoms with Gasteiger partial charge in [-0.1, -0.05) is 26.7 Å². The van der Waals surface area contributed by atoms with E-state index in [1.165, 1.54) is 0 Å². The molecule has 2 nitrogen and oxygen atoms in total. The Bertz CT molecular complexity index is 216. The van der Waals surface area contributed by atoms with Gasteiger partial charge in [0.2, 0.25) is 0 Å². The summed E-state index contributed by atoms with van der Waals surface area (Å²) < 4.78 is 0. The molecule has 0 amide bonds. The molecule has 1 rings (SSSR count). The predicted octanol–water partition coefficient (Wildman–Crippen LogP) is 1.03. The van der Waals surface area contributed by atoms with E-state index in [4.69, 9.17) is 0 Å². The summed E-state index contributed by atoms with van der Waals surface area (Å²) in [5.41, 5.74) is 1.94. The van der Waals surface area contributed by atoms with Crippen molar-refractivity contribution in [1.82, 2.24) is 4.98 Å². The molecule has 0 atom stereocenters. The molecule has 0 fully saturated rings. The second-order valence-electron chi connectivity index (χ2n) is 3.35. The summed E-state index contributed by atoms with van der Waals surface area (Å²) in [6.07, 6.45) is 1.74. The average Bonchev–Trinajstić information content (AvgIpc) is 2.04. The van der Waals surface area contributed by atoms with E-state index in [-0.39, 0.29) is 0 Å². The molecule has 0 spiro atoms. The zero-order chi connectivity index (χ0) is 9.14. The highest BCUT2D eigenvalue weighted by molar-refractivity contribution is 6.64. The largest absolute Gasteiger partial charge is 0.446 e. The Labute approximate surface area is 73.8 Å². The monoisotopic (exact) mass is 163 g/mol. The molecule has 0 unspecified atom stereocenters. The minimum Gasteiger partial charge on any atom is -0.446 e. The Morgan fingerprint density at radius 2 is 2.08 bits per heavy atom. The van der Waals surface area contributed by atoms with Crippen LogP contribution >= 0.6 is 0 Å². The Morgan fingerprint density at radius 1 is 1.42 bits per heavy atom. The first-order chi connectivity index (χ1) is 5.61. The van der Waals surface area contributed by atoms with Crippen molar-refractivity contribution in [3.8, 4) is 0 Å². The molecule has 12 heavy (non-hydrogen) atoms. The van der Waals surface area contributed by atoms with Crippen LogP contribution in [-0.2, 0) is 0 Å². The molecule has 0 aliphatic rings. The van der Waals surface area contributed by atoms with E-state index in [0.717, 1.165) is 11.2 Å². The number of pyridine rings is 1. The number of nitrogens with zero attached hydrogens (tertiary/aromatic N) is 1. The van der Waals surface area contributed by atoms with E-state index in [1.807, 2.05) is 12.1 Å². The highest BCUT2D eigenvalue weighted by Crippen LogP contribution is 2.08. The van der Waals surface area contributed by atoms with Gasteiger partial charge in [-0.2, -0.15) is 0 Å². The average molecular weight is 163 g/mol. The molecule has 0 radical (unpaired) electrons. The zero-order valence-corrected chi connectivity index (χ0v) is 7.78. The van der Waals surface area contributed by atoms with Crippen molar-refractivity contribution < 1.29 is 5.02 Å². The maximum atomic E-state index is 9.21. The van der Waals surface area contributed by atoms with Crippen LogP contribution in [0.15, 0.2) is 18.3 Å². The third kappa shape index (κ3) is 2.08. The van der Waals surface area contributed by atoms with E-state index in [2.05, 4.69) is 18.8 Å². The number of aromatic nitrogens is 1. The van der Waals surface area contributed by atoms with Crippen LogP contribution in [0.25, 0.3) is 0 Å². The van der Waals surface area contributed by atoms with Crippen molar-refractivity contribution in [1.29, 1.82) is 0 Å². The third-order valence-electron chi connectivity index (χ3n) is 1.88. The number of hydrogen-bond acceptors (Lipinski definition) is 2. The molecule has 0 aliphatic heterocycles. The van der Waals surface area contributed by atoms with Crippen LogP contribution in [0.4, 0.5) is 0 Å². The Kier molecular flexibility index (Phi) is 2.87. The molecule has 0 aliphatic carbocycles. The van der Waals surface area contributed by atoms with Gasteiger partial charge in [-0.15, -0.1) is 0 Å². The van der Waals surface area contributed by atoms with Gasteiger partial charge in [-0.25, -0.2) is 0 Å². The van der Waals surface area contributed by atoms with Gasteiger partial charge in [-0.05, 0) is 17.4 Å². The summed E-state index contributed by atoms with van der Waals surface area (Å²) in [5.74, 6) is 0.452. The lowest BCUT2D eigenvalue weighted by Gasteiger charge is -2.05. The van der Waals surface area contributed by atoms with Crippen LogP contribution in [-0.4, -0.2) is 16.9 Å². The van der Waals surface area contributed by atoms with Crippen molar-refractivity contribution in [3.05, 3.63) is 24.0 Å². The second-order valence-corrected chi connectivity index (χ2v) is 3.35. The fourth-order valence-electron chi connectivity index (χ4n) is 1.01. The third-order valence-corrected chi connectivity index (χ3v) is 1.88. The predicted molar refractivity (Wildman–Crippen MR) is 51.8 cm³/mol. The van der Waals surface area contributed by atoms with Crippen LogP contribution in [0, 0.1) is 0 Å². The molecule has 1 heterocycles. The maximum Gasteiger partial charge on any atom is 0.321 e. The first kappa shape index (κ1) is 9.26. The van der Waals surface area contributed by atoms with Crippen molar-refractivity contribution in [3.63, 3.8) is 0 Å². The minimum absolute atomic E-state index is 0.418. The molecule has 0 bridgehead atoms. The van der Waals surface area contributed by atoms with Crippen LogP contribution in [0.2, 0.25) is 6.82 Å². The van der Waals surface area contributed by atoms with Crippen LogP contribution in [0.3, 0.4) is 0 Å².